The van der Waals surface area contributed by atoms with E-state index in [0.29, 0.717) is 13.1 Å². The zero-order valence-electron chi connectivity index (χ0n) is 11.9. The molecule has 0 heterocycles. The Kier molecular flexibility index (Phi) is 5.63. The minimum Gasteiger partial charge on any atom is -0.389 e. The Morgan fingerprint density at radius 1 is 1.24 bits per heavy atom. The van der Waals surface area contributed by atoms with E-state index in [4.69, 9.17) is 0 Å². The van der Waals surface area contributed by atoms with Gasteiger partial charge in [-0.2, -0.15) is 0 Å². The van der Waals surface area contributed by atoms with Gasteiger partial charge in [0.1, 0.15) is 0 Å². The first-order valence-electron chi connectivity index (χ1n) is 6.06. The van der Waals surface area contributed by atoms with Crippen LogP contribution in [0, 0.1) is 5.92 Å². The van der Waals surface area contributed by atoms with E-state index in [1.807, 2.05) is 13.8 Å². The van der Waals surface area contributed by atoms with Gasteiger partial charge in [0.2, 0.25) is 0 Å². The Morgan fingerprint density at radius 3 is 2.06 bits per heavy atom. The van der Waals surface area contributed by atoms with Crippen molar-refractivity contribution < 1.29 is 13.5 Å². The maximum Gasteiger partial charge on any atom is 0.153 e. The Balaban J connectivity index is 4.35. The summed E-state index contributed by atoms with van der Waals surface area (Å²) >= 11 is 0. The summed E-state index contributed by atoms with van der Waals surface area (Å²) in [6, 6.07) is 0. The van der Waals surface area contributed by atoms with E-state index in [1.165, 1.54) is 6.26 Å². The average molecular weight is 265 g/mol. The molecule has 0 saturated heterocycles. The van der Waals surface area contributed by atoms with Crippen LogP contribution < -0.4 is 5.32 Å². The molecular formula is C12H27NO3S. The lowest BCUT2D eigenvalue weighted by Crippen LogP contribution is -2.48. The van der Waals surface area contributed by atoms with Crippen molar-refractivity contribution in [2.24, 2.45) is 5.92 Å². The quantitative estimate of drug-likeness (QED) is 0.726. The van der Waals surface area contributed by atoms with E-state index < -0.39 is 20.2 Å². The van der Waals surface area contributed by atoms with E-state index in [0.717, 1.165) is 6.42 Å². The van der Waals surface area contributed by atoms with Crippen LogP contribution in [0.25, 0.3) is 0 Å². The third-order valence-corrected chi connectivity index (χ3v) is 5.86. The van der Waals surface area contributed by atoms with Crippen LogP contribution in [0.15, 0.2) is 0 Å². The monoisotopic (exact) mass is 265 g/mol. The maximum absolute atomic E-state index is 11.5. The highest BCUT2D eigenvalue weighted by molar-refractivity contribution is 7.92. The van der Waals surface area contributed by atoms with E-state index in [1.54, 1.807) is 20.8 Å². The second-order valence-electron chi connectivity index (χ2n) is 5.80. The minimum absolute atomic E-state index is 0.177. The predicted octanol–water partition coefficient (Wildman–Crippen LogP) is 1.20. The molecule has 0 aliphatic carbocycles. The van der Waals surface area contributed by atoms with Crippen LogP contribution in [-0.2, 0) is 9.84 Å². The molecular weight excluding hydrogens is 238 g/mol. The van der Waals surface area contributed by atoms with Gasteiger partial charge in [0.05, 0.1) is 10.3 Å². The molecule has 17 heavy (non-hydrogen) atoms. The van der Waals surface area contributed by atoms with Crippen molar-refractivity contribution >= 4 is 9.84 Å². The summed E-state index contributed by atoms with van der Waals surface area (Å²) in [7, 11) is -3.09. The van der Waals surface area contributed by atoms with Crippen molar-refractivity contribution in [1.29, 1.82) is 0 Å². The van der Waals surface area contributed by atoms with Crippen LogP contribution in [0.5, 0.6) is 0 Å². The fourth-order valence-electron chi connectivity index (χ4n) is 1.36. The van der Waals surface area contributed by atoms with Gasteiger partial charge >= 0.3 is 0 Å². The minimum atomic E-state index is -3.09. The van der Waals surface area contributed by atoms with Gasteiger partial charge < -0.3 is 10.4 Å². The molecule has 0 fully saturated rings. The largest absolute Gasteiger partial charge is 0.389 e. The van der Waals surface area contributed by atoms with Gasteiger partial charge in [0.25, 0.3) is 0 Å². The van der Waals surface area contributed by atoms with Crippen LogP contribution in [0.1, 0.15) is 41.0 Å². The Hall–Kier alpha value is -0.130. The van der Waals surface area contributed by atoms with Crippen LogP contribution >= 0.6 is 0 Å². The van der Waals surface area contributed by atoms with Crippen LogP contribution in [0.3, 0.4) is 0 Å². The first-order valence-corrected chi connectivity index (χ1v) is 7.96. The molecule has 5 heteroatoms. The van der Waals surface area contributed by atoms with Gasteiger partial charge in [-0.25, -0.2) is 8.42 Å². The number of hydrogen-bond acceptors (Lipinski definition) is 4. The van der Waals surface area contributed by atoms with Gasteiger partial charge in [-0.3, -0.25) is 0 Å². The summed E-state index contributed by atoms with van der Waals surface area (Å²) < 4.78 is 22.2. The molecule has 0 amide bonds. The molecule has 4 nitrogen and oxygen atoms in total. The summed E-state index contributed by atoms with van der Waals surface area (Å²) in [6.07, 6.45) is 2.13. The zero-order valence-corrected chi connectivity index (χ0v) is 12.7. The molecule has 0 radical (unpaired) electrons. The van der Waals surface area contributed by atoms with Gasteiger partial charge in [0.15, 0.2) is 9.84 Å². The second kappa shape index (κ2) is 5.67. The molecule has 0 spiro atoms. The fourth-order valence-corrected chi connectivity index (χ4v) is 1.73. The number of sulfone groups is 1. The maximum atomic E-state index is 11.5. The van der Waals surface area contributed by atoms with Crippen LogP contribution in [0.2, 0.25) is 0 Å². The predicted molar refractivity (Wildman–Crippen MR) is 71.9 cm³/mol. The molecule has 0 aromatic rings. The van der Waals surface area contributed by atoms with Gasteiger partial charge in [-0.1, -0.05) is 20.3 Å². The molecule has 0 aromatic heterocycles. The molecule has 104 valence electrons. The SMILES string of the molecule is CCC(C)C(C)(O)CNCC(C)(C)S(C)(=O)=O. The Bertz CT molecular complexity index is 334. The average Bonchev–Trinajstić information content (AvgIpc) is 2.13. The zero-order chi connectivity index (χ0) is 13.9. The lowest BCUT2D eigenvalue weighted by molar-refractivity contribution is 0.00543. The van der Waals surface area contributed by atoms with E-state index in [9.17, 15) is 13.5 Å². The molecule has 0 rings (SSSR count). The fraction of sp³-hybridized carbons (Fsp3) is 1.00. The van der Waals surface area contributed by atoms with E-state index in [-0.39, 0.29) is 5.92 Å². The summed E-state index contributed by atoms with van der Waals surface area (Å²) in [4.78, 5) is 0. The van der Waals surface area contributed by atoms with E-state index in [2.05, 4.69) is 5.32 Å². The Morgan fingerprint density at radius 2 is 1.71 bits per heavy atom. The third-order valence-electron chi connectivity index (χ3n) is 3.71. The first kappa shape index (κ1) is 16.9. The lowest BCUT2D eigenvalue weighted by atomic mass is 9.88. The number of aliphatic hydroxyl groups is 1. The molecule has 0 aliphatic rings. The second-order valence-corrected chi connectivity index (χ2v) is 8.45. The summed E-state index contributed by atoms with van der Waals surface area (Å²) in [5.41, 5.74) is -0.803. The topological polar surface area (TPSA) is 66.4 Å². The third kappa shape index (κ3) is 4.94. The number of rotatable bonds is 7. The van der Waals surface area contributed by atoms with Crippen LogP contribution in [0.4, 0.5) is 0 Å². The van der Waals surface area contributed by atoms with Crippen LogP contribution in [-0.4, -0.2) is 43.2 Å². The molecule has 2 atom stereocenters. The van der Waals surface area contributed by atoms with E-state index >= 15 is 0 Å². The summed E-state index contributed by atoms with van der Waals surface area (Å²) in [5, 5.41) is 13.2. The highest BCUT2D eigenvalue weighted by Crippen LogP contribution is 2.19. The van der Waals surface area contributed by atoms with Crippen molar-refractivity contribution in [3.05, 3.63) is 0 Å². The lowest BCUT2D eigenvalue weighted by Gasteiger charge is -2.32. The number of hydrogen-bond donors (Lipinski definition) is 2. The smallest absolute Gasteiger partial charge is 0.153 e. The highest BCUT2D eigenvalue weighted by atomic mass is 32.2. The van der Waals surface area contributed by atoms with Gasteiger partial charge in [0, 0.05) is 19.3 Å². The molecule has 0 bridgehead atoms. The molecule has 0 aromatic carbocycles. The first-order chi connectivity index (χ1) is 7.44. The molecule has 0 aliphatic heterocycles. The molecule has 0 saturated carbocycles. The van der Waals surface area contributed by atoms with Gasteiger partial charge in [-0.05, 0) is 26.7 Å². The van der Waals surface area contributed by atoms with Crippen molar-refractivity contribution in [3.8, 4) is 0 Å². The number of nitrogens with one attached hydrogen (secondary N) is 1. The standard InChI is InChI=1S/C12H27NO3S/c1-7-10(2)12(5,14)9-13-8-11(3,4)17(6,15)16/h10,13-14H,7-9H2,1-6H3. The van der Waals surface area contributed by atoms with Gasteiger partial charge in [-0.15, -0.1) is 0 Å². The normalized spacial score (nSPS) is 18.8. The van der Waals surface area contributed by atoms with Crippen molar-refractivity contribution in [3.63, 3.8) is 0 Å². The van der Waals surface area contributed by atoms with Crippen molar-refractivity contribution in [2.45, 2.75) is 51.4 Å². The molecule has 2 unspecified atom stereocenters. The summed E-state index contributed by atoms with van der Waals surface area (Å²) in [5.74, 6) is 0.177. The van der Waals surface area contributed by atoms with Crippen molar-refractivity contribution in [2.75, 3.05) is 19.3 Å². The molecule has 2 N–H and O–H groups in total. The Labute approximate surface area is 106 Å². The highest BCUT2D eigenvalue weighted by Gasteiger charge is 2.32. The summed E-state index contributed by atoms with van der Waals surface area (Å²) in [6.45, 7) is 9.92. The van der Waals surface area contributed by atoms with Crippen molar-refractivity contribution in [1.82, 2.24) is 5.32 Å².